The van der Waals surface area contributed by atoms with Crippen LogP contribution in [0.5, 0.6) is 0 Å². The molecule has 0 fully saturated rings. The molecular formula is C15H17N3OS. The lowest BCUT2D eigenvalue weighted by Crippen LogP contribution is -2.38. The SMILES string of the molecule is CC(C)N(C(=O)CSc1ncccn1)c1ccccc1. The van der Waals surface area contributed by atoms with Crippen LogP contribution in [0.25, 0.3) is 0 Å². The average Bonchev–Trinajstić information content (AvgIpc) is 2.47. The Kier molecular flexibility index (Phi) is 5.12. The molecule has 0 radical (unpaired) electrons. The minimum absolute atomic E-state index is 0.0589. The Morgan fingerprint density at radius 2 is 1.80 bits per heavy atom. The highest BCUT2D eigenvalue weighted by Gasteiger charge is 2.19. The topological polar surface area (TPSA) is 46.1 Å². The normalized spacial score (nSPS) is 10.6. The third-order valence-electron chi connectivity index (χ3n) is 2.69. The zero-order valence-corrected chi connectivity index (χ0v) is 12.4. The summed E-state index contributed by atoms with van der Waals surface area (Å²) in [4.78, 5) is 22.4. The zero-order chi connectivity index (χ0) is 14.4. The average molecular weight is 287 g/mol. The molecule has 0 aliphatic rings. The predicted octanol–water partition coefficient (Wildman–Crippen LogP) is 3.01. The number of thioether (sulfide) groups is 1. The molecule has 4 nitrogen and oxygen atoms in total. The summed E-state index contributed by atoms with van der Waals surface area (Å²) in [6, 6.07) is 11.6. The fourth-order valence-electron chi connectivity index (χ4n) is 1.87. The molecule has 1 aromatic heterocycles. The van der Waals surface area contributed by atoms with Crippen molar-refractivity contribution in [3.63, 3.8) is 0 Å². The van der Waals surface area contributed by atoms with Gasteiger partial charge in [-0.25, -0.2) is 9.97 Å². The summed E-state index contributed by atoms with van der Waals surface area (Å²) in [6.45, 7) is 4.02. The van der Waals surface area contributed by atoms with Crippen LogP contribution in [0, 0.1) is 0 Å². The Labute approximate surface area is 123 Å². The van der Waals surface area contributed by atoms with Crippen molar-refractivity contribution in [2.75, 3.05) is 10.7 Å². The minimum Gasteiger partial charge on any atom is -0.309 e. The van der Waals surface area contributed by atoms with Gasteiger partial charge in [-0.3, -0.25) is 4.79 Å². The Hall–Kier alpha value is -1.88. The molecule has 1 aromatic carbocycles. The third kappa shape index (κ3) is 3.81. The highest BCUT2D eigenvalue weighted by molar-refractivity contribution is 7.99. The van der Waals surface area contributed by atoms with Gasteiger partial charge in [0.05, 0.1) is 5.75 Å². The van der Waals surface area contributed by atoms with Gasteiger partial charge in [-0.2, -0.15) is 0 Å². The van der Waals surface area contributed by atoms with Crippen LogP contribution in [0.4, 0.5) is 5.69 Å². The van der Waals surface area contributed by atoms with E-state index in [9.17, 15) is 4.79 Å². The fourth-order valence-corrected chi connectivity index (χ4v) is 2.54. The number of aromatic nitrogens is 2. The molecular weight excluding hydrogens is 270 g/mol. The minimum atomic E-state index is 0.0589. The van der Waals surface area contributed by atoms with Gasteiger partial charge in [0.25, 0.3) is 0 Å². The molecule has 2 rings (SSSR count). The first-order valence-corrected chi connectivity index (χ1v) is 7.44. The maximum atomic E-state index is 12.4. The number of nitrogens with zero attached hydrogens (tertiary/aromatic N) is 3. The van der Waals surface area contributed by atoms with E-state index in [1.807, 2.05) is 44.2 Å². The van der Waals surface area contributed by atoms with Crippen molar-refractivity contribution in [2.45, 2.75) is 25.0 Å². The largest absolute Gasteiger partial charge is 0.309 e. The van der Waals surface area contributed by atoms with Crippen LogP contribution in [0.15, 0.2) is 53.9 Å². The highest BCUT2D eigenvalue weighted by atomic mass is 32.2. The van der Waals surface area contributed by atoms with Crippen LogP contribution >= 0.6 is 11.8 Å². The first-order valence-electron chi connectivity index (χ1n) is 6.45. The van der Waals surface area contributed by atoms with Gasteiger partial charge < -0.3 is 4.90 Å². The van der Waals surface area contributed by atoms with E-state index < -0.39 is 0 Å². The second kappa shape index (κ2) is 7.05. The Bertz CT molecular complexity index is 546. The van der Waals surface area contributed by atoms with Gasteiger partial charge in [0.1, 0.15) is 0 Å². The van der Waals surface area contributed by atoms with E-state index in [2.05, 4.69) is 9.97 Å². The van der Waals surface area contributed by atoms with Crippen molar-refractivity contribution in [3.05, 3.63) is 48.8 Å². The first-order chi connectivity index (χ1) is 9.68. The molecule has 2 aromatic rings. The maximum absolute atomic E-state index is 12.4. The summed E-state index contributed by atoms with van der Waals surface area (Å²) in [6.07, 6.45) is 3.36. The van der Waals surface area contributed by atoms with E-state index in [-0.39, 0.29) is 11.9 Å². The Morgan fingerprint density at radius 1 is 1.15 bits per heavy atom. The number of hydrogen-bond acceptors (Lipinski definition) is 4. The molecule has 1 amide bonds. The molecule has 0 bridgehead atoms. The molecule has 1 heterocycles. The molecule has 20 heavy (non-hydrogen) atoms. The standard InChI is InChI=1S/C15H17N3OS/c1-12(2)18(13-7-4-3-5-8-13)14(19)11-20-15-16-9-6-10-17-15/h3-10,12H,11H2,1-2H3. The van der Waals surface area contributed by atoms with Gasteiger partial charge >= 0.3 is 0 Å². The summed E-state index contributed by atoms with van der Waals surface area (Å²) < 4.78 is 0. The number of benzene rings is 1. The van der Waals surface area contributed by atoms with Crippen molar-refractivity contribution in [1.29, 1.82) is 0 Å². The molecule has 0 saturated heterocycles. The molecule has 0 aliphatic heterocycles. The van der Waals surface area contributed by atoms with E-state index in [1.165, 1.54) is 11.8 Å². The molecule has 5 heteroatoms. The van der Waals surface area contributed by atoms with Gasteiger partial charge in [-0.1, -0.05) is 30.0 Å². The number of anilines is 1. The van der Waals surface area contributed by atoms with E-state index in [0.29, 0.717) is 10.9 Å². The zero-order valence-electron chi connectivity index (χ0n) is 11.6. The quantitative estimate of drug-likeness (QED) is 0.626. The lowest BCUT2D eigenvalue weighted by Gasteiger charge is -2.26. The summed E-state index contributed by atoms with van der Waals surface area (Å²) in [5, 5.41) is 0.623. The van der Waals surface area contributed by atoms with Crippen molar-refractivity contribution in [2.24, 2.45) is 0 Å². The third-order valence-corrected chi connectivity index (χ3v) is 3.55. The van der Waals surface area contributed by atoms with E-state index in [1.54, 1.807) is 23.4 Å². The molecule has 0 saturated carbocycles. The van der Waals surface area contributed by atoms with Gasteiger partial charge in [0.2, 0.25) is 5.91 Å². The van der Waals surface area contributed by atoms with Crippen LogP contribution in [-0.2, 0) is 4.79 Å². The van der Waals surface area contributed by atoms with E-state index >= 15 is 0 Å². The molecule has 0 spiro atoms. The van der Waals surface area contributed by atoms with Crippen LogP contribution in [0.2, 0.25) is 0 Å². The predicted molar refractivity (Wildman–Crippen MR) is 81.8 cm³/mol. The second-order valence-electron chi connectivity index (χ2n) is 4.51. The number of amides is 1. The van der Waals surface area contributed by atoms with Crippen LogP contribution in [-0.4, -0.2) is 27.7 Å². The van der Waals surface area contributed by atoms with Gasteiger partial charge in [-0.05, 0) is 32.0 Å². The smallest absolute Gasteiger partial charge is 0.237 e. The van der Waals surface area contributed by atoms with Gasteiger partial charge in [-0.15, -0.1) is 0 Å². The second-order valence-corrected chi connectivity index (χ2v) is 5.46. The van der Waals surface area contributed by atoms with Crippen LogP contribution in [0.1, 0.15) is 13.8 Å². The van der Waals surface area contributed by atoms with Crippen molar-refractivity contribution in [1.82, 2.24) is 9.97 Å². The molecule has 104 valence electrons. The molecule has 0 unspecified atom stereocenters. The van der Waals surface area contributed by atoms with Crippen LogP contribution in [0.3, 0.4) is 0 Å². The summed E-state index contributed by atoms with van der Waals surface area (Å²) in [7, 11) is 0. The highest BCUT2D eigenvalue weighted by Crippen LogP contribution is 2.19. The Morgan fingerprint density at radius 3 is 2.40 bits per heavy atom. The van der Waals surface area contributed by atoms with Gasteiger partial charge in [0, 0.05) is 24.1 Å². The molecule has 0 aliphatic carbocycles. The Balaban J connectivity index is 2.05. The molecule has 0 N–H and O–H groups in total. The summed E-state index contributed by atoms with van der Waals surface area (Å²) in [5.74, 6) is 0.389. The fraction of sp³-hybridized carbons (Fsp3) is 0.267. The monoisotopic (exact) mass is 287 g/mol. The van der Waals surface area contributed by atoms with Crippen LogP contribution < -0.4 is 4.90 Å². The number of carbonyl (C=O) groups excluding carboxylic acids is 1. The number of rotatable bonds is 5. The van der Waals surface area contributed by atoms with Crippen molar-refractivity contribution < 1.29 is 4.79 Å². The van der Waals surface area contributed by atoms with E-state index in [4.69, 9.17) is 0 Å². The van der Waals surface area contributed by atoms with E-state index in [0.717, 1.165) is 5.69 Å². The van der Waals surface area contributed by atoms with Crippen molar-refractivity contribution in [3.8, 4) is 0 Å². The summed E-state index contributed by atoms with van der Waals surface area (Å²) >= 11 is 1.36. The van der Waals surface area contributed by atoms with Gasteiger partial charge in [0.15, 0.2) is 5.16 Å². The first kappa shape index (κ1) is 14.5. The number of para-hydroxylation sites is 1. The summed E-state index contributed by atoms with van der Waals surface area (Å²) in [5.41, 5.74) is 0.919. The lowest BCUT2D eigenvalue weighted by molar-refractivity contribution is -0.116. The lowest BCUT2D eigenvalue weighted by atomic mass is 10.2. The number of hydrogen-bond donors (Lipinski definition) is 0. The number of carbonyl (C=O) groups is 1. The molecule has 0 atom stereocenters. The van der Waals surface area contributed by atoms with Crippen molar-refractivity contribution >= 4 is 23.4 Å². The maximum Gasteiger partial charge on any atom is 0.237 e.